The highest BCUT2D eigenvalue weighted by Gasteiger charge is 2.17. The van der Waals surface area contributed by atoms with Crippen molar-refractivity contribution in [2.45, 2.75) is 19.3 Å². The van der Waals surface area contributed by atoms with Gasteiger partial charge in [0, 0.05) is 39.1 Å². The number of nitrogens with two attached hydrogens (primary N) is 1. The SMILES string of the molecule is Nc1ncc2c(n1)CCCC=C2c1cc2cnccc2s1. The number of hydrogen-bond acceptors (Lipinski definition) is 5. The molecule has 0 aromatic carbocycles. The van der Waals surface area contributed by atoms with Crippen LogP contribution in [0.3, 0.4) is 0 Å². The Balaban J connectivity index is 1.89. The zero-order chi connectivity index (χ0) is 14.2. The fourth-order valence-electron chi connectivity index (χ4n) is 2.72. The molecule has 3 aromatic heterocycles. The summed E-state index contributed by atoms with van der Waals surface area (Å²) < 4.78 is 1.25. The van der Waals surface area contributed by atoms with Gasteiger partial charge in [-0.15, -0.1) is 11.3 Å². The molecular weight excluding hydrogens is 280 g/mol. The summed E-state index contributed by atoms with van der Waals surface area (Å²) in [6.45, 7) is 0. The van der Waals surface area contributed by atoms with Crippen LogP contribution in [0, 0.1) is 0 Å². The molecule has 1 aliphatic rings. The maximum Gasteiger partial charge on any atom is 0.220 e. The van der Waals surface area contributed by atoms with E-state index >= 15 is 0 Å². The van der Waals surface area contributed by atoms with Crippen molar-refractivity contribution in [3.63, 3.8) is 0 Å². The van der Waals surface area contributed by atoms with Gasteiger partial charge in [-0.1, -0.05) is 6.08 Å². The van der Waals surface area contributed by atoms with Gasteiger partial charge in [0.1, 0.15) is 0 Å². The molecule has 0 amide bonds. The van der Waals surface area contributed by atoms with Crippen LogP contribution in [-0.2, 0) is 6.42 Å². The Hall–Kier alpha value is -2.27. The highest BCUT2D eigenvalue weighted by atomic mass is 32.1. The summed E-state index contributed by atoms with van der Waals surface area (Å²) in [7, 11) is 0. The number of aromatic nitrogens is 3. The van der Waals surface area contributed by atoms with Crippen molar-refractivity contribution >= 4 is 32.9 Å². The monoisotopic (exact) mass is 294 g/mol. The van der Waals surface area contributed by atoms with Gasteiger partial charge in [0.05, 0.1) is 5.69 Å². The van der Waals surface area contributed by atoms with E-state index in [9.17, 15) is 0 Å². The third-order valence-electron chi connectivity index (χ3n) is 3.72. The van der Waals surface area contributed by atoms with Crippen LogP contribution in [0.2, 0.25) is 0 Å². The number of aryl methyl sites for hydroxylation is 1. The first kappa shape index (κ1) is 12.5. The number of rotatable bonds is 1. The van der Waals surface area contributed by atoms with Crippen molar-refractivity contribution in [3.05, 3.63) is 52.9 Å². The standard InChI is InChI=1S/C16H14N4S/c17-16-19-9-12-11(3-1-2-4-13(12)20-16)15-7-10-8-18-6-5-14(10)21-15/h3,5-9H,1-2,4H2,(H2,17,19,20). The fraction of sp³-hybridized carbons (Fsp3) is 0.188. The molecule has 0 radical (unpaired) electrons. The first-order valence-corrected chi connectivity index (χ1v) is 7.79. The summed E-state index contributed by atoms with van der Waals surface area (Å²) >= 11 is 1.79. The summed E-state index contributed by atoms with van der Waals surface area (Å²) in [5, 5.41) is 1.18. The molecular formula is C16H14N4S. The predicted molar refractivity (Wildman–Crippen MR) is 86.1 cm³/mol. The molecule has 2 N–H and O–H groups in total. The molecule has 4 nitrogen and oxygen atoms in total. The lowest BCUT2D eigenvalue weighted by atomic mass is 10.0. The molecule has 0 aliphatic heterocycles. The third-order valence-corrected chi connectivity index (χ3v) is 4.87. The van der Waals surface area contributed by atoms with Crippen LogP contribution in [0.5, 0.6) is 0 Å². The molecule has 1 aliphatic carbocycles. The fourth-order valence-corrected chi connectivity index (χ4v) is 3.81. The van der Waals surface area contributed by atoms with Crippen LogP contribution in [0.25, 0.3) is 15.7 Å². The number of allylic oxidation sites excluding steroid dienone is 1. The molecule has 0 unspecified atom stereocenters. The molecule has 4 rings (SSSR count). The Kier molecular flexibility index (Phi) is 2.93. The summed E-state index contributed by atoms with van der Waals surface area (Å²) in [5.74, 6) is 0.357. The number of pyridine rings is 1. The topological polar surface area (TPSA) is 64.7 Å². The molecule has 104 valence electrons. The lowest BCUT2D eigenvalue weighted by molar-refractivity contribution is 0.823. The maximum absolute atomic E-state index is 5.73. The largest absolute Gasteiger partial charge is 0.368 e. The average Bonchev–Trinajstić information content (AvgIpc) is 2.81. The van der Waals surface area contributed by atoms with Gasteiger partial charge in [-0.2, -0.15) is 0 Å². The third kappa shape index (κ3) is 2.19. The summed E-state index contributed by atoms with van der Waals surface area (Å²) in [4.78, 5) is 14.0. The van der Waals surface area contributed by atoms with Crippen LogP contribution in [0.4, 0.5) is 5.95 Å². The van der Waals surface area contributed by atoms with E-state index in [2.05, 4.69) is 33.2 Å². The molecule has 0 bridgehead atoms. The van der Waals surface area contributed by atoms with E-state index in [1.807, 2.05) is 18.6 Å². The van der Waals surface area contributed by atoms with Crippen LogP contribution in [0.15, 0.2) is 36.8 Å². The van der Waals surface area contributed by atoms with Crippen molar-refractivity contribution in [2.24, 2.45) is 0 Å². The number of nitrogen functional groups attached to an aromatic ring is 1. The van der Waals surface area contributed by atoms with Gasteiger partial charge in [-0.25, -0.2) is 9.97 Å². The zero-order valence-corrected chi connectivity index (χ0v) is 12.2. The number of thiophene rings is 1. The van der Waals surface area contributed by atoms with Crippen molar-refractivity contribution in [3.8, 4) is 0 Å². The second-order valence-corrected chi connectivity index (χ2v) is 6.21. The first-order chi connectivity index (χ1) is 10.3. The zero-order valence-electron chi connectivity index (χ0n) is 11.4. The highest BCUT2D eigenvalue weighted by Crippen LogP contribution is 2.36. The van der Waals surface area contributed by atoms with Gasteiger partial charge in [-0.05, 0) is 37.0 Å². The van der Waals surface area contributed by atoms with Crippen molar-refractivity contribution in [1.29, 1.82) is 0 Å². The van der Waals surface area contributed by atoms with Crippen LogP contribution >= 0.6 is 11.3 Å². The number of fused-ring (bicyclic) bond motifs is 2. The minimum atomic E-state index is 0.357. The van der Waals surface area contributed by atoms with E-state index in [0.29, 0.717) is 5.95 Å². The predicted octanol–water partition coefficient (Wildman–Crippen LogP) is 3.44. The van der Waals surface area contributed by atoms with E-state index in [1.165, 1.54) is 20.5 Å². The molecule has 0 saturated carbocycles. The van der Waals surface area contributed by atoms with Gasteiger partial charge in [0.25, 0.3) is 0 Å². The summed E-state index contributed by atoms with van der Waals surface area (Å²) in [6, 6.07) is 4.26. The van der Waals surface area contributed by atoms with Crippen molar-refractivity contribution in [1.82, 2.24) is 15.0 Å². The minimum absolute atomic E-state index is 0.357. The molecule has 21 heavy (non-hydrogen) atoms. The Morgan fingerprint density at radius 3 is 3.10 bits per heavy atom. The van der Waals surface area contributed by atoms with E-state index in [4.69, 9.17) is 5.73 Å². The second-order valence-electron chi connectivity index (χ2n) is 5.12. The molecule has 3 aromatic rings. The van der Waals surface area contributed by atoms with Crippen LogP contribution in [0.1, 0.15) is 29.0 Å². The quantitative estimate of drug-likeness (QED) is 0.746. The lowest BCUT2D eigenvalue weighted by Gasteiger charge is -2.08. The molecule has 0 atom stereocenters. The van der Waals surface area contributed by atoms with E-state index in [-0.39, 0.29) is 0 Å². The molecule has 5 heteroatoms. The summed E-state index contributed by atoms with van der Waals surface area (Å²) in [5.41, 5.74) is 9.13. The van der Waals surface area contributed by atoms with E-state index < -0.39 is 0 Å². The molecule has 0 fully saturated rings. The second kappa shape index (κ2) is 4.93. The van der Waals surface area contributed by atoms with Crippen molar-refractivity contribution in [2.75, 3.05) is 5.73 Å². The van der Waals surface area contributed by atoms with E-state index in [1.54, 1.807) is 11.3 Å². The Morgan fingerprint density at radius 2 is 2.19 bits per heavy atom. The summed E-state index contributed by atoms with van der Waals surface area (Å²) in [6.07, 6.45) is 11.0. The smallest absolute Gasteiger partial charge is 0.220 e. The van der Waals surface area contributed by atoms with Crippen LogP contribution < -0.4 is 5.73 Å². The highest BCUT2D eigenvalue weighted by molar-refractivity contribution is 7.20. The average molecular weight is 294 g/mol. The van der Waals surface area contributed by atoms with Gasteiger partial charge in [0.15, 0.2) is 0 Å². The van der Waals surface area contributed by atoms with Gasteiger partial charge < -0.3 is 5.73 Å². The number of nitrogens with zero attached hydrogens (tertiary/aromatic N) is 3. The van der Waals surface area contributed by atoms with Crippen molar-refractivity contribution < 1.29 is 0 Å². The lowest BCUT2D eigenvalue weighted by Crippen LogP contribution is -2.02. The normalized spacial score (nSPS) is 14.6. The Labute approximate surface area is 126 Å². The number of hydrogen-bond donors (Lipinski definition) is 1. The van der Waals surface area contributed by atoms with Crippen LogP contribution in [-0.4, -0.2) is 15.0 Å². The van der Waals surface area contributed by atoms with Gasteiger partial charge >= 0.3 is 0 Å². The molecule has 3 heterocycles. The van der Waals surface area contributed by atoms with Gasteiger partial charge in [0.2, 0.25) is 5.95 Å². The minimum Gasteiger partial charge on any atom is -0.368 e. The maximum atomic E-state index is 5.73. The molecule has 0 saturated heterocycles. The molecule has 0 spiro atoms. The van der Waals surface area contributed by atoms with E-state index in [0.717, 1.165) is 30.5 Å². The van der Waals surface area contributed by atoms with Gasteiger partial charge in [-0.3, -0.25) is 4.98 Å². The first-order valence-electron chi connectivity index (χ1n) is 6.97. The number of anilines is 1. The Morgan fingerprint density at radius 1 is 1.24 bits per heavy atom. The Bertz CT molecular complexity index is 817.